The zero-order valence-corrected chi connectivity index (χ0v) is 16.3. The summed E-state index contributed by atoms with van der Waals surface area (Å²) in [6.45, 7) is 10.1. The standard InChI is InChI=1S/C20H32N2O3/c1-6-8-13-22(14-9-7-2)21(5)19(23)24-17-12-10-11-16-15-20(3,4)25-18(16)17/h10-12H,6-9,13-15H2,1-5H3. The van der Waals surface area contributed by atoms with E-state index in [1.165, 1.54) is 0 Å². The van der Waals surface area contributed by atoms with Crippen molar-refractivity contribution in [3.8, 4) is 11.5 Å². The van der Waals surface area contributed by atoms with Crippen molar-refractivity contribution in [1.82, 2.24) is 10.0 Å². The molecule has 1 amide bonds. The molecule has 5 heteroatoms. The van der Waals surface area contributed by atoms with Crippen molar-refractivity contribution >= 4 is 6.09 Å². The van der Waals surface area contributed by atoms with Gasteiger partial charge in [-0.25, -0.2) is 14.8 Å². The van der Waals surface area contributed by atoms with E-state index in [2.05, 4.69) is 18.9 Å². The molecule has 5 nitrogen and oxygen atoms in total. The molecule has 0 saturated carbocycles. The number of rotatable bonds is 8. The topological polar surface area (TPSA) is 42.0 Å². The summed E-state index contributed by atoms with van der Waals surface area (Å²) >= 11 is 0. The first-order valence-electron chi connectivity index (χ1n) is 9.39. The molecule has 0 N–H and O–H groups in total. The molecule has 25 heavy (non-hydrogen) atoms. The number of unbranched alkanes of at least 4 members (excludes halogenated alkanes) is 2. The zero-order chi connectivity index (χ0) is 18.4. The first-order chi connectivity index (χ1) is 11.9. The second-order valence-corrected chi connectivity index (χ2v) is 7.34. The van der Waals surface area contributed by atoms with Crippen molar-refractivity contribution in [3.05, 3.63) is 23.8 Å². The number of hydrogen-bond acceptors (Lipinski definition) is 4. The van der Waals surface area contributed by atoms with Gasteiger partial charge in [-0.3, -0.25) is 0 Å². The minimum absolute atomic E-state index is 0.259. The maximum atomic E-state index is 12.6. The van der Waals surface area contributed by atoms with E-state index in [0.29, 0.717) is 11.5 Å². The molecule has 140 valence electrons. The minimum atomic E-state index is -0.367. The number of nitrogens with zero attached hydrogens (tertiary/aromatic N) is 2. The molecular formula is C20H32N2O3. The van der Waals surface area contributed by atoms with Crippen molar-refractivity contribution in [2.75, 3.05) is 20.1 Å². The molecule has 0 spiro atoms. The lowest BCUT2D eigenvalue weighted by Gasteiger charge is -2.31. The third-order valence-corrected chi connectivity index (χ3v) is 4.48. The maximum absolute atomic E-state index is 12.6. The molecule has 0 unspecified atom stereocenters. The smallest absolute Gasteiger partial charge is 0.429 e. The highest BCUT2D eigenvalue weighted by Gasteiger charge is 2.33. The second kappa shape index (κ2) is 8.56. The third-order valence-electron chi connectivity index (χ3n) is 4.48. The predicted octanol–water partition coefficient (Wildman–Crippen LogP) is 4.65. The van der Waals surface area contributed by atoms with Gasteiger partial charge >= 0.3 is 6.09 Å². The number of benzene rings is 1. The molecule has 0 aromatic heterocycles. The number of fused-ring (bicyclic) bond motifs is 1. The Morgan fingerprint density at radius 2 is 1.84 bits per heavy atom. The van der Waals surface area contributed by atoms with E-state index in [1.54, 1.807) is 18.1 Å². The molecule has 1 aromatic rings. The molecule has 0 saturated heterocycles. The minimum Gasteiger partial charge on any atom is -0.483 e. The van der Waals surface area contributed by atoms with Crippen LogP contribution in [-0.2, 0) is 6.42 Å². The van der Waals surface area contributed by atoms with Crippen LogP contribution < -0.4 is 9.47 Å². The molecule has 0 atom stereocenters. The monoisotopic (exact) mass is 348 g/mol. The summed E-state index contributed by atoms with van der Waals surface area (Å²) < 4.78 is 11.7. The van der Waals surface area contributed by atoms with Crippen LogP contribution in [0.25, 0.3) is 0 Å². The summed E-state index contributed by atoms with van der Waals surface area (Å²) in [4.78, 5) is 12.6. The molecule has 0 fully saturated rings. The first kappa shape index (κ1) is 19.6. The lowest BCUT2D eigenvalue weighted by atomic mass is 10.0. The van der Waals surface area contributed by atoms with Crippen LogP contribution in [0.2, 0.25) is 0 Å². The van der Waals surface area contributed by atoms with Crippen molar-refractivity contribution in [2.45, 2.75) is 65.4 Å². The van der Waals surface area contributed by atoms with Crippen LogP contribution in [0, 0.1) is 0 Å². The van der Waals surface area contributed by atoms with Gasteiger partial charge in [0.1, 0.15) is 5.60 Å². The van der Waals surface area contributed by atoms with Gasteiger partial charge in [-0.1, -0.05) is 38.8 Å². The number of ether oxygens (including phenoxy) is 2. The number of carbonyl (C=O) groups is 1. The highest BCUT2D eigenvalue weighted by molar-refractivity contribution is 5.71. The number of carbonyl (C=O) groups excluding carboxylic acids is 1. The second-order valence-electron chi connectivity index (χ2n) is 7.34. The van der Waals surface area contributed by atoms with Crippen LogP contribution in [-0.4, -0.2) is 41.8 Å². The van der Waals surface area contributed by atoms with E-state index in [9.17, 15) is 4.79 Å². The van der Waals surface area contributed by atoms with Gasteiger partial charge in [0.05, 0.1) is 0 Å². The quantitative estimate of drug-likeness (QED) is 0.641. The van der Waals surface area contributed by atoms with Gasteiger partial charge < -0.3 is 9.47 Å². The number of para-hydroxylation sites is 1. The number of hydrazine groups is 1. The predicted molar refractivity (Wildman–Crippen MR) is 100 cm³/mol. The van der Waals surface area contributed by atoms with E-state index < -0.39 is 0 Å². The lowest BCUT2D eigenvalue weighted by molar-refractivity contribution is 0.0119. The van der Waals surface area contributed by atoms with E-state index in [-0.39, 0.29) is 11.7 Å². The SMILES string of the molecule is CCCCN(CCCC)N(C)C(=O)Oc1cccc2c1OC(C)(C)C2. The number of hydrogen-bond donors (Lipinski definition) is 0. The summed E-state index contributed by atoms with van der Waals surface area (Å²) in [5.74, 6) is 1.20. The molecule has 2 rings (SSSR count). The van der Waals surface area contributed by atoms with Crippen LogP contribution in [0.3, 0.4) is 0 Å². The average Bonchev–Trinajstić information content (AvgIpc) is 2.89. The average molecular weight is 348 g/mol. The molecule has 0 radical (unpaired) electrons. The van der Waals surface area contributed by atoms with Crippen LogP contribution in [0.4, 0.5) is 4.79 Å². The van der Waals surface area contributed by atoms with Crippen LogP contribution in [0.5, 0.6) is 11.5 Å². The Hall–Kier alpha value is -1.75. The van der Waals surface area contributed by atoms with Gasteiger partial charge in [-0.05, 0) is 32.8 Å². The first-order valence-corrected chi connectivity index (χ1v) is 9.39. The van der Waals surface area contributed by atoms with E-state index in [4.69, 9.17) is 9.47 Å². The Morgan fingerprint density at radius 3 is 2.44 bits per heavy atom. The molecule has 1 aromatic carbocycles. The molecule has 0 aliphatic carbocycles. The van der Waals surface area contributed by atoms with Gasteiger partial charge in [-0.15, -0.1) is 0 Å². The Kier molecular flexibility index (Phi) is 6.71. The number of amides is 1. The fourth-order valence-corrected chi connectivity index (χ4v) is 3.04. The summed E-state index contributed by atoms with van der Waals surface area (Å²) in [7, 11) is 1.78. The van der Waals surface area contributed by atoms with E-state index >= 15 is 0 Å². The molecular weight excluding hydrogens is 316 g/mol. The summed E-state index contributed by atoms with van der Waals surface area (Å²) in [5, 5.41) is 3.67. The molecule has 1 aliphatic heterocycles. The van der Waals surface area contributed by atoms with Crippen molar-refractivity contribution < 1.29 is 14.3 Å². The largest absolute Gasteiger partial charge is 0.483 e. The van der Waals surface area contributed by atoms with E-state index in [1.807, 2.05) is 26.0 Å². The normalized spacial score (nSPS) is 15.0. The van der Waals surface area contributed by atoms with Crippen molar-refractivity contribution in [2.24, 2.45) is 0 Å². The van der Waals surface area contributed by atoms with Gasteiger partial charge in [0.25, 0.3) is 0 Å². The van der Waals surface area contributed by atoms with E-state index in [0.717, 1.165) is 50.8 Å². The highest BCUT2D eigenvalue weighted by Crippen LogP contribution is 2.41. The molecule has 0 bridgehead atoms. The van der Waals surface area contributed by atoms with Gasteiger partial charge in [0.15, 0.2) is 11.5 Å². The fourth-order valence-electron chi connectivity index (χ4n) is 3.04. The van der Waals surface area contributed by atoms with Gasteiger partial charge in [-0.2, -0.15) is 0 Å². The van der Waals surface area contributed by atoms with Crippen LogP contribution >= 0.6 is 0 Å². The highest BCUT2D eigenvalue weighted by atomic mass is 16.6. The Morgan fingerprint density at radius 1 is 1.20 bits per heavy atom. The van der Waals surface area contributed by atoms with Gasteiger partial charge in [0.2, 0.25) is 0 Å². The maximum Gasteiger partial charge on any atom is 0.429 e. The summed E-state index contributed by atoms with van der Waals surface area (Å²) in [6, 6.07) is 5.74. The Balaban J connectivity index is 2.07. The third kappa shape index (κ3) is 5.11. The zero-order valence-electron chi connectivity index (χ0n) is 16.3. The van der Waals surface area contributed by atoms with Crippen LogP contribution in [0.15, 0.2) is 18.2 Å². The van der Waals surface area contributed by atoms with Gasteiger partial charge in [0, 0.05) is 32.1 Å². The summed E-state index contributed by atoms with van der Waals surface area (Å²) in [5.41, 5.74) is 0.831. The lowest BCUT2D eigenvalue weighted by Crippen LogP contribution is -2.46. The van der Waals surface area contributed by atoms with Crippen molar-refractivity contribution in [1.29, 1.82) is 0 Å². The summed E-state index contributed by atoms with van der Waals surface area (Å²) in [6.07, 6.45) is 4.76. The van der Waals surface area contributed by atoms with Crippen molar-refractivity contribution in [3.63, 3.8) is 0 Å². The molecule has 1 aliphatic rings. The Labute approximate surface area is 151 Å². The van der Waals surface area contributed by atoms with Crippen LogP contribution in [0.1, 0.15) is 58.9 Å². The Bertz CT molecular complexity index is 578. The molecule has 1 heterocycles. The fraction of sp³-hybridized carbons (Fsp3) is 0.650.